The van der Waals surface area contributed by atoms with E-state index in [0.29, 0.717) is 5.56 Å². The molecule has 0 fully saturated rings. The van der Waals surface area contributed by atoms with Gasteiger partial charge < -0.3 is 14.8 Å². The highest BCUT2D eigenvalue weighted by molar-refractivity contribution is 5.75. The third-order valence-electron chi connectivity index (χ3n) is 4.16. The number of amides is 1. The fourth-order valence-corrected chi connectivity index (χ4v) is 2.66. The average molecular weight is 444 g/mol. The molecule has 0 radical (unpaired) electrons. The first-order valence-electron chi connectivity index (χ1n) is 10.0. The molecule has 1 aromatic carbocycles. The maximum atomic E-state index is 12.9. The zero-order chi connectivity index (χ0) is 24.0. The lowest BCUT2D eigenvalue weighted by Gasteiger charge is -2.29. The summed E-state index contributed by atoms with van der Waals surface area (Å²) in [7, 11) is 0. The fraction of sp³-hybridized carbons (Fsp3) is 0.565. The molecule has 0 unspecified atom stereocenters. The van der Waals surface area contributed by atoms with Crippen LogP contribution in [0.25, 0.3) is 0 Å². The van der Waals surface area contributed by atoms with Crippen LogP contribution in [-0.4, -0.2) is 30.3 Å². The lowest BCUT2D eigenvalue weighted by molar-refractivity contribution is -0.153. The number of esters is 1. The summed E-state index contributed by atoms with van der Waals surface area (Å²) in [6.07, 6.45) is -1.72. The van der Waals surface area contributed by atoms with E-state index < -0.39 is 46.8 Å². The number of ether oxygens (including phenoxy) is 2. The highest BCUT2D eigenvalue weighted by Crippen LogP contribution is 2.31. The second-order valence-corrected chi connectivity index (χ2v) is 9.27. The maximum Gasteiger partial charge on any atom is 0.416 e. The zero-order valence-corrected chi connectivity index (χ0v) is 19.1. The van der Waals surface area contributed by atoms with Crippen molar-refractivity contribution in [3.05, 3.63) is 47.5 Å². The number of halogens is 3. The molecule has 1 aromatic rings. The minimum absolute atomic E-state index is 0.175. The molecule has 0 aliphatic rings. The van der Waals surface area contributed by atoms with Crippen LogP contribution >= 0.6 is 0 Å². The molecular formula is C23H32F3NO4. The van der Waals surface area contributed by atoms with E-state index in [4.69, 9.17) is 9.47 Å². The molecule has 8 heteroatoms. The molecule has 1 rings (SSSR count). The third kappa shape index (κ3) is 9.02. The summed E-state index contributed by atoms with van der Waals surface area (Å²) in [5, 5.41) is 2.70. The van der Waals surface area contributed by atoms with Gasteiger partial charge in [0.1, 0.15) is 12.2 Å². The van der Waals surface area contributed by atoms with Crippen molar-refractivity contribution in [3.63, 3.8) is 0 Å². The SMILES string of the molecule is CC=C[C@H](c1ccc(C(F)(F)F)cc1)[C@H](COC(=O)C(C)(C)C)NC(=O)OC(C)(C)C. The van der Waals surface area contributed by atoms with E-state index in [1.807, 2.05) is 0 Å². The van der Waals surface area contributed by atoms with Gasteiger partial charge in [-0.25, -0.2) is 4.79 Å². The van der Waals surface area contributed by atoms with Gasteiger partial charge in [0.2, 0.25) is 0 Å². The van der Waals surface area contributed by atoms with Crippen LogP contribution in [-0.2, 0) is 20.4 Å². The minimum Gasteiger partial charge on any atom is -0.463 e. The molecule has 0 bridgehead atoms. The summed E-state index contributed by atoms with van der Waals surface area (Å²) in [5.41, 5.74) is -1.74. The van der Waals surface area contributed by atoms with Gasteiger partial charge in [-0.2, -0.15) is 13.2 Å². The molecule has 174 valence electrons. The average Bonchev–Trinajstić information content (AvgIpc) is 2.60. The third-order valence-corrected chi connectivity index (χ3v) is 4.16. The molecule has 1 N–H and O–H groups in total. The Hall–Kier alpha value is -2.51. The molecule has 1 amide bonds. The van der Waals surface area contributed by atoms with E-state index in [1.54, 1.807) is 60.6 Å². The van der Waals surface area contributed by atoms with Crippen molar-refractivity contribution in [2.24, 2.45) is 5.41 Å². The lowest BCUT2D eigenvalue weighted by atomic mass is 9.90. The van der Waals surface area contributed by atoms with Gasteiger partial charge in [-0.05, 0) is 66.2 Å². The van der Waals surface area contributed by atoms with Crippen molar-refractivity contribution in [2.75, 3.05) is 6.61 Å². The lowest BCUT2D eigenvalue weighted by Crippen LogP contribution is -2.45. The smallest absolute Gasteiger partial charge is 0.416 e. The Morgan fingerprint density at radius 1 is 1.03 bits per heavy atom. The predicted molar refractivity (Wildman–Crippen MR) is 113 cm³/mol. The first kappa shape index (κ1) is 26.5. The second kappa shape index (κ2) is 10.2. The van der Waals surface area contributed by atoms with Gasteiger partial charge in [0.15, 0.2) is 0 Å². The normalized spacial score (nSPS) is 14.8. The van der Waals surface area contributed by atoms with E-state index in [9.17, 15) is 22.8 Å². The van der Waals surface area contributed by atoms with Gasteiger partial charge in [0, 0.05) is 5.92 Å². The van der Waals surface area contributed by atoms with Crippen LogP contribution in [0.15, 0.2) is 36.4 Å². The summed E-state index contributed by atoms with van der Waals surface area (Å²) < 4.78 is 49.5. The number of nitrogens with one attached hydrogen (secondary N) is 1. The number of allylic oxidation sites excluding steroid dienone is 1. The van der Waals surface area contributed by atoms with Gasteiger partial charge >= 0.3 is 18.2 Å². The van der Waals surface area contributed by atoms with Crippen molar-refractivity contribution in [3.8, 4) is 0 Å². The van der Waals surface area contributed by atoms with Crippen molar-refractivity contribution in [1.29, 1.82) is 0 Å². The van der Waals surface area contributed by atoms with E-state index in [2.05, 4.69) is 5.32 Å². The quantitative estimate of drug-likeness (QED) is 0.443. The highest BCUT2D eigenvalue weighted by atomic mass is 19.4. The van der Waals surface area contributed by atoms with Gasteiger partial charge in [0.25, 0.3) is 0 Å². The molecule has 31 heavy (non-hydrogen) atoms. The fourth-order valence-electron chi connectivity index (χ4n) is 2.66. The minimum atomic E-state index is -4.45. The van der Waals surface area contributed by atoms with E-state index in [-0.39, 0.29) is 6.61 Å². The van der Waals surface area contributed by atoms with Crippen molar-refractivity contribution in [2.45, 2.75) is 72.2 Å². The van der Waals surface area contributed by atoms with E-state index >= 15 is 0 Å². The number of carbonyl (C=O) groups excluding carboxylic acids is 2. The molecule has 0 spiro atoms. The monoisotopic (exact) mass is 443 g/mol. The van der Waals surface area contributed by atoms with Crippen LogP contribution in [0.5, 0.6) is 0 Å². The van der Waals surface area contributed by atoms with Crippen LogP contribution < -0.4 is 5.32 Å². The molecule has 2 atom stereocenters. The Kier molecular flexibility index (Phi) is 8.73. The molecule has 0 aliphatic carbocycles. The summed E-state index contributed by atoms with van der Waals surface area (Å²) in [5.74, 6) is -1.01. The first-order valence-corrected chi connectivity index (χ1v) is 10.0. The number of hydrogen-bond donors (Lipinski definition) is 1. The standard InChI is InChI=1S/C23H32F3NO4/c1-8-9-17(15-10-12-16(13-11-15)23(24,25)26)18(14-30-19(28)21(2,3)4)27-20(29)31-22(5,6)7/h8-13,17-18H,14H2,1-7H3,(H,27,29)/t17-,18+/m1/s1. The number of hydrogen-bond acceptors (Lipinski definition) is 4. The Balaban J connectivity index is 3.22. The Labute approximate surface area is 182 Å². The Morgan fingerprint density at radius 2 is 1.58 bits per heavy atom. The van der Waals surface area contributed by atoms with Crippen molar-refractivity contribution < 1.29 is 32.2 Å². The molecule has 0 aromatic heterocycles. The number of rotatable bonds is 6. The molecule has 0 saturated heterocycles. The van der Waals surface area contributed by atoms with Crippen LogP contribution in [0, 0.1) is 5.41 Å². The predicted octanol–water partition coefficient (Wildman–Crippen LogP) is 5.85. The number of carbonyl (C=O) groups is 2. The number of alkyl carbamates (subject to hydrolysis) is 1. The largest absolute Gasteiger partial charge is 0.463 e. The number of benzene rings is 1. The highest BCUT2D eigenvalue weighted by Gasteiger charge is 2.32. The summed E-state index contributed by atoms with van der Waals surface area (Å²) in [6.45, 7) is 11.8. The van der Waals surface area contributed by atoms with E-state index in [1.165, 1.54) is 12.1 Å². The molecular weight excluding hydrogens is 411 g/mol. The second-order valence-electron chi connectivity index (χ2n) is 9.27. The first-order chi connectivity index (χ1) is 14.0. The molecule has 0 heterocycles. The molecule has 5 nitrogen and oxygen atoms in total. The van der Waals surface area contributed by atoms with Crippen LogP contribution in [0.2, 0.25) is 0 Å². The van der Waals surface area contributed by atoms with Crippen LogP contribution in [0.4, 0.5) is 18.0 Å². The van der Waals surface area contributed by atoms with Crippen LogP contribution in [0.1, 0.15) is 65.5 Å². The summed E-state index contributed by atoms with van der Waals surface area (Å²) in [4.78, 5) is 24.6. The molecule has 0 aliphatic heterocycles. The number of alkyl halides is 3. The van der Waals surface area contributed by atoms with Crippen molar-refractivity contribution >= 4 is 12.1 Å². The van der Waals surface area contributed by atoms with Gasteiger partial charge in [-0.15, -0.1) is 0 Å². The van der Waals surface area contributed by atoms with Crippen LogP contribution in [0.3, 0.4) is 0 Å². The Bertz CT molecular complexity index is 772. The maximum absolute atomic E-state index is 12.9. The van der Waals surface area contributed by atoms with Crippen molar-refractivity contribution in [1.82, 2.24) is 5.32 Å². The topological polar surface area (TPSA) is 64.6 Å². The zero-order valence-electron chi connectivity index (χ0n) is 19.1. The summed E-state index contributed by atoms with van der Waals surface area (Å²) >= 11 is 0. The van der Waals surface area contributed by atoms with Gasteiger partial charge in [-0.3, -0.25) is 4.79 Å². The van der Waals surface area contributed by atoms with Gasteiger partial charge in [-0.1, -0.05) is 24.3 Å². The Morgan fingerprint density at radius 3 is 2.00 bits per heavy atom. The van der Waals surface area contributed by atoms with Gasteiger partial charge in [0.05, 0.1) is 17.0 Å². The summed E-state index contributed by atoms with van der Waals surface area (Å²) in [6, 6.07) is 3.91. The van der Waals surface area contributed by atoms with E-state index in [0.717, 1.165) is 12.1 Å². The molecule has 0 saturated carbocycles.